The van der Waals surface area contributed by atoms with Crippen molar-refractivity contribution in [3.8, 4) is 45.8 Å². The van der Waals surface area contributed by atoms with E-state index in [4.69, 9.17) is 28.1 Å². The Hall–Kier alpha value is -6.81. The van der Waals surface area contributed by atoms with E-state index in [2.05, 4.69) is 0 Å². The number of hydrogen-bond donors (Lipinski definition) is 6. The minimum absolute atomic E-state index is 0.0159. The molecule has 5 atom stereocenters. The predicted octanol–water partition coefficient (Wildman–Crippen LogP) is 4.00. The van der Waals surface area contributed by atoms with Crippen LogP contribution < -0.4 is 14.9 Å². The molecule has 0 aliphatic carbocycles. The Kier molecular flexibility index (Phi) is 11.4. The summed E-state index contributed by atoms with van der Waals surface area (Å²) in [5, 5.41) is 62.1. The van der Waals surface area contributed by atoms with Crippen LogP contribution in [0.3, 0.4) is 0 Å². The summed E-state index contributed by atoms with van der Waals surface area (Å²) in [6, 6.07) is 19.6. The number of hydrogen-bond acceptors (Lipinski definition) is 15. The molecule has 6 rings (SSSR count). The first kappa shape index (κ1) is 37.9. The zero-order valence-electron chi connectivity index (χ0n) is 28.8. The Labute approximate surface area is 311 Å². The maximum absolute atomic E-state index is 13.1. The largest absolute Gasteiger partial charge is 0.508 e. The number of aliphatic hydroxyl groups excluding tert-OH is 2. The summed E-state index contributed by atoms with van der Waals surface area (Å²) in [5.41, 5.74) is 0.724. The Balaban J connectivity index is 1.25. The van der Waals surface area contributed by atoms with Crippen LogP contribution in [0.5, 0.6) is 34.5 Å². The molecule has 284 valence electrons. The minimum atomic E-state index is -1.86. The van der Waals surface area contributed by atoms with E-state index in [1.807, 2.05) is 0 Å². The molecule has 5 unspecified atom stereocenters. The topological polar surface area (TPSA) is 232 Å². The van der Waals surface area contributed by atoms with E-state index < -0.39 is 60.4 Å². The van der Waals surface area contributed by atoms with Crippen molar-refractivity contribution in [2.45, 2.75) is 30.7 Å². The number of benzene rings is 4. The van der Waals surface area contributed by atoms with Crippen molar-refractivity contribution < 1.29 is 68.3 Å². The number of aliphatic hydroxyl groups is 2. The average Bonchev–Trinajstić information content (AvgIpc) is 3.16. The van der Waals surface area contributed by atoms with Crippen molar-refractivity contribution in [1.29, 1.82) is 0 Å². The number of phenolic OH excluding ortho intramolecular Hbond substituents is 4. The Morgan fingerprint density at radius 3 is 2.04 bits per heavy atom. The Morgan fingerprint density at radius 2 is 1.40 bits per heavy atom. The van der Waals surface area contributed by atoms with Crippen LogP contribution in [-0.2, 0) is 23.8 Å². The van der Waals surface area contributed by atoms with Crippen molar-refractivity contribution in [2.75, 3.05) is 13.7 Å². The molecule has 0 bridgehead atoms. The summed E-state index contributed by atoms with van der Waals surface area (Å²) in [4.78, 5) is 38.5. The molecule has 1 aromatic heterocycles. The number of aromatic hydroxyl groups is 4. The van der Waals surface area contributed by atoms with E-state index in [0.717, 1.165) is 24.3 Å². The van der Waals surface area contributed by atoms with Gasteiger partial charge in [0, 0.05) is 35.9 Å². The van der Waals surface area contributed by atoms with Crippen LogP contribution in [0.4, 0.5) is 0 Å². The highest BCUT2D eigenvalue weighted by molar-refractivity contribution is 5.88. The summed E-state index contributed by atoms with van der Waals surface area (Å²) in [7, 11) is 1.35. The van der Waals surface area contributed by atoms with Crippen molar-refractivity contribution >= 4 is 35.1 Å². The van der Waals surface area contributed by atoms with Gasteiger partial charge in [0.1, 0.15) is 58.5 Å². The standard InChI is InChI=1S/C40H34O15/c1-50-31-16-23(8-13-27(31)43)30-19-29(45)36-28(44)17-26(18-32(36)53-30)52-40-38(49)39(55-35(47)15-7-22-4-11-25(42)12-5-22)37(48)33(54-40)20-51-34(46)14-6-21-2-9-24(41)10-3-21/h2-19,33,37-44,48-49H,20H2,1H3. The van der Waals surface area contributed by atoms with Crippen LogP contribution in [0.1, 0.15) is 11.1 Å². The van der Waals surface area contributed by atoms with Gasteiger partial charge < -0.3 is 58.7 Å². The van der Waals surface area contributed by atoms with E-state index in [9.17, 15) is 45.0 Å². The molecule has 1 saturated heterocycles. The summed E-state index contributed by atoms with van der Waals surface area (Å²) in [5.74, 6) is -2.46. The molecule has 6 N–H and O–H groups in total. The van der Waals surface area contributed by atoms with Gasteiger partial charge in [0.15, 0.2) is 29.1 Å². The van der Waals surface area contributed by atoms with Gasteiger partial charge in [-0.25, -0.2) is 9.59 Å². The molecule has 15 heteroatoms. The highest BCUT2D eigenvalue weighted by Crippen LogP contribution is 2.36. The van der Waals surface area contributed by atoms with Gasteiger partial charge in [-0.3, -0.25) is 4.79 Å². The van der Waals surface area contributed by atoms with Crippen LogP contribution in [0, 0.1) is 0 Å². The zero-order chi connectivity index (χ0) is 39.2. The molecule has 55 heavy (non-hydrogen) atoms. The number of rotatable bonds is 11. The fraction of sp³-hybridized carbons (Fsp3) is 0.175. The van der Waals surface area contributed by atoms with Crippen LogP contribution in [0.15, 0.2) is 106 Å². The van der Waals surface area contributed by atoms with Gasteiger partial charge >= 0.3 is 11.9 Å². The lowest BCUT2D eigenvalue weighted by Crippen LogP contribution is -2.61. The monoisotopic (exact) mass is 754 g/mol. The summed E-state index contributed by atoms with van der Waals surface area (Å²) in [6.45, 7) is -0.596. The first-order valence-electron chi connectivity index (χ1n) is 16.6. The smallest absolute Gasteiger partial charge is 0.331 e. The van der Waals surface area contributed by atoms with E-state index in [-0.39, 0.29) is 45.5 Å². The molecule has 2 heterocycles. The van der Waals surface area contributed by atoms with Gasteiger partial charge in [-0.1, -0.05) is 24.3 Å². The van der Waals surface area contributed by atoms with Crippen LogP contribution in [-0.4, -0.2) is 87.0 Å². The highest BCUT2D eigenvalue weighted by atomic mass is 16.7. The predicted molar refractivity (Wildman–Crippen MR) is 194 cm³/mol. The molecule has 1 aliphatic rings. The van der Waals surface area contributed by atoms with Gasteiger partial charge in [-0.2, -0.15) is 0 Å². The Morgan fingerprint density at radius 1 is 0.764 bits per heavy atom. The molecule has 15 nitrogen and oxygen atoms in total. The molecule has 0 spiro atoms. The number of ether oxygens (including phenoxy) is 5. The molecule has 0 saturated carbocycles. The quantitative estimate of drug-likeness (QED) is 0.0827. The van der Waals surface area contributed by atoms with Crippen molar-refractivity contribution in [3.05, 3.63) is 118 Å². The Bertz CT molecular complexity index is 2290. The fourth-order valence-electron chi connectivity index (χ4n) is 5.58. The van der Waals surface area contributed by atoms with E-state index in [1.165, 1.54) is 79.9 Å². The van der Waals surface area contributed by atoms with Gasteiger partial charge in [0.2, 0.25) is 6.29 Å². The summed E-state index contributed by atoms with van der Waals surface area (Å²) >= 11 is 0. The van der Waals surface area contributed by atoms with Gasteiger partial charge in [-0.05, 0) is 65.7 Å². The third-order valence-electron chi connectivity index (χ3n) is 8.39. The fourth-order valence-corrected chi connectivity index (χ4v) is 5.58. The number of esters is 2. The maximum Gasteiger partial charge on any atom is 0.331 e. The molecule has 1 fully saturated rings. The zero-order valence-corrected chi connectivity index (χ0v) is 28.8. The van der Waals surface area contributed by atoms with Crippen LogP contribution in [0.2, 0.25) is 0 Å². The van der Waals surface area contributed by atoms with Crippen molar-refractivity contribution in [1.82, 2.24) is 0 Å². The molecule has 0 radical (unpaired) electrons. The van der Waals surface area contributed by atoms with Crippen molar-refractivity contribution in [2.24, 2.45) is 0 Å². The van der Waals surface area contributed by atoms with E-state index in [1.54, 1.807) is 12.1 Å². The van der Waals surface area contributed by atoms with E-state index >= 15 is 0 Å². The minimum Gasteiger partial charge on any atom is -0.508 e. The summed E-state index contributed by atoms with van der Waals surface area (Å²) in [6.07, 6.45) is -3.51. The van der Waals surface area contributed by atoms with Gasteiger partial charge in [0.05, 0.1) is 7.11 Å². The second kappa shape index (κ2) is 16.5. The van der Waals surface area contributed by atoms with Gasteiger partial charge in [0.25, 0.3) is 0 Å². The van der Waals surface area contributed by atoms with Gasteiger partial charge in [-0.15, -0.1) is 0 Å². The lowest BCUT2D eigenvalue weighted by molar-refractivity contribution is -0.281. The highest BCUT2D eigenvalue weighted by Gasteiger charge is 2.48. The number of fused-ring (bicyclic) bond motifs is 1. The van der Waals surface area contributed by atoms with E-state index in [0.29, 0.717) is 16.7 Å². The third-order valence-corrected chi connectivity index (χ3v) is 8.39. The second-order valence-electron chi connectivity index (χ2n) is 12.2. The number of methoxy groups -OCH3 is 1. The maximum atomic E-state index is 13.1. The average molecular weight is 755 g/mol. The van der Waals surface area contributed by atoms with Crippen LogP contribution in [0.25, 0.3) is 34.4 Å². The summed E-state index contributed by atoms with van der Waals surface area (Å²) < 4.78 is 33.5. The lowest BCUT2D eigenvalue weighted by atomic mass is 9.99. The molecule has 0 amide bonds. The molecule has 4 aromatic carbocycles. The first-order valence-corrected chi connectivity index (χ1v) is 16.6. The number of carbonyl (C=O) groups is 2. The number of carbonyl (C=O) groups excluding carboxylic acids is 2. The molecular weight excluding hydrogens is 720 g/mol. The molecule has 1 aliphatic heterocycles. The van der Waals surface area contributed by atoms with Crippen LogP contribution >= 0.6 is 0 Å². The second-order valence-corrected chi connectivity index (χ2v) is 12.2. The normalized spacial score (nSPS) is 19.7. The number of phenols is 4. The van der Waals surface area contributed by atoms with Crippen molar-refractivity contribution in [3.63, 3.8) is 0 Å². The molecular formula is C40H34O15. The third kappa shape index (κ3) is 9.05. The lowest BCUT2D eigenvalue weighted by Gasteiger charge is -2.41. The first-order chi connectivity index (χ1) is 26.4. The molecule has 5 aromatic rings. The SMILES string of the molecule is COc1cc(-c2cc(=O)c3c(O)cc(OC4OC(COC(=O)C=Cc5ccc(O)cc5)C(O)C(OC(=O)C=Cc5ccc(O)cc5)C4O)cc3o2)ccc1O.